The van der Waals surface area contributed by atoms with Crippen LogP contribution in [0, 0.1) is 5.41 Å². The van der Waals surface area contributed by atoms with E-state index in [2.05, 4.69) is 5.32 Å². The van der Waals surface area contributed by atoms with Crippen LogP contribution in [0.4, 0.5) is 4.39 Å². The van der Waals surface area contributed by atoms with Crippen LogP contribution in [0.3, 0.4) is 0 Å². The highest BCUT2D eigenvalue weighted by atomic mass is 19.1. The van der Waals surface area contributed by atoms with Crippen LogP contribution in [-0.2, 0) is 4.79 Å². The van der Waals surface area contributed by atoms with Crippen molar-refractivity contribution in [1.82, 2.24) is 5.32 Å². The van der Waals surface area contributed by atoms with Gasteiger partial charge in [-0.1, -0.05) is 0 Å². The smallest absolute Gasteiger partial charge is 0.323 e. The summed E-state index contributed by atoms with van der Waals surface area (Å²) in [4.78, 5) is 10.6. The Morgan fingerprint density at radius 3 is 2.67 bits per heavy atom. The van der Waals surface area contributed by atoms with Gasteiger partial charge in [-0.05, 0) is 19.9 Å². The van der Waals surface area contributed by atoms with Gasteiger partial charge in [0.05, 0.1) is 5.84 Å². The molecule has 0 bridgehead atoms. The molecule has 0 heterocycles. The van der Waals surface area contributed by atoms with Gasteiger partial charge >= 0.3 is 5.97 Å². The summed E-state index contributed by atoms with van der Waals surface area (Å²) >= 11 is 0. The lowest BCUT2D eigenvalue weighted by atomic mass is 9.99. The lowest BCUT2D eigenvalue weighted by Gasteiger charge is -2.17. The van der Waals surface area contributed by atoms with Gasteiger partial charge in [0.15, 0.2) is 0 Å². The van der Waals surface area contributed by atoms with Gasteiger partial charge in [-0.3, -0.25) is 10.2 Å². The first-order valence-electron chi connectivity index (χ1n) is 4.41. The number of rotatable bonds is 5. The largest absolute Gasteiger partial charge is 0.480 e. The van der Waals surface area contributed by atoms with Gasteiger partial charge in [0.2, 0.25) is 0 Å². The maximum Gasteiger partial charge on any atom is 0.323 e. The molecule has 5 nitrogen and oxygen atoms in total. The summed E-state index contributed by atoms with van der Waals surface area (Å²) in [5, 5.41) is 18.2. The molecule has 15 heavy (non-hydrogen) atoms. The van der Waals surface area contributed by atoms with Crippen molar-refractivity contribution in [3.8, 4) is 0 Å². The summed E-state index contributed by atoms with van der Waals surface area (Å²) in [5.41, 5.74) is 3.75. The number of aliphatic carboxylic acids is 1. The third kappa shape index (κ3) is 5.79. The van der Waals surface area contributed by atoms with Gasteiger partial charge in [-0.25, -0.2) is 4.39 Å². The SMILES string of the molecule is CC(=N)NC/C=C(\F)CC(C)(N)C(=O)O. The molecular weight excluding hydrogens is 201 g/mol. The molecule has 0 spiro atoms. The van der Waals surface area contributed by atoms with Crippen LogP contribution in [0.2, 0.25) is 0 Å². The molecule has 0 radical (unpaired) electrons. The second-order valence-electron chi connectivity index (χ2n) is 3.56. The van der Waals surface area contributed by atoms with E-state index in [1.54, 1.807) is 0 Å². The molecule has 0 aromatic heterocycles. The van der Waals surface area contributed by atoms with E-state index >= 15 is 0 Å². The number of carbonyl (C=O) groups is 1. The van der Waals surface area contributed by atoms with E-state index < -0.39 is 17.3 Å². The minimum atomic E-state index is -1.60. The molecule has 0 aliphatic rings. The Morgan fingerprint density at radius 1 is 1.73 bits per heavy atom. The molecule has 0 rings (SSSR count). The van der Waals surface area contributed by atoms with E-state index in [4.69, 9.17) is 16.2 Å². The fourth-order valence-electron chi connectivity index (χ4n) is 0.813. The Balaban J connectivity index is 4.17. The summed E-state index contributed by atoms with van der Waals surface area (Å²) in [5.74, 6) is -1.63. The molecular formula is C9H16FN3O2. The maximum absolute atomic E-state index is 13.1. The Bertz CT molecular complexity index is 287. The monoisotopic (exact) mass is 217 g/mol. The van der Waals surface area contributed by atoms with E-state index in [1.165, 1.54) is 19.9 Å². The summed E-state index contributed by atoms with van der Waals surface area (Å²) in [6.07, 6.45) is 0.813. The molecule has 1 unspecified atom stereocenters. The number of carboxylic acid groups (broad SMARTS) is 1. The van der Waals surface area contributed by atoms with Crippen molar-refractivity contribution in [2.45, 2.75) is 25.8 Å². The van der Waals surface area contributed by atoms with Crippen molar-refractivity contribution in [3.05, 3.63) is 11.9 Å². The van der Waals surface area contributed by atoms with Crippen LogP contribution in [0.1, 0.15) is 20.3 Å². The molecule has 0 saturated carbocycles. The average molecular weight is 217 g/mol. The molecule has 5 N–H and O–H groups in total. The van der Waals surface area contributed by atoms with E-state index in [-0.39, 0.29) is 18.8 Å². The van der Waals surface area contributed by atoms with Gasteiger partial charge in [-0.15, -0.1) is 0 Å². The topological polar surface area (TPSA) is 99.2 Å². The van der Waals surface area contributed by atoms with Crippen molar-refractivity contribution in [3.63, 3.8) is 0 Å². The average Bonchev–Trinajstić information content (AvgIpc) is 2.01. The zero-order valence-corrected chi connectivity index (χ0v) is 8.80. The molecule has 0 aliphatic heterocycles. The minimum absolute atomic E-state index is 0.150. The minimum Gasteiger partial charge on any atom is -0.480 e. The number of halogens is 1. The van der Waals surface area contributed by atoms with Crippen LogP contribution in [0.25, 0.3) is 0 Å². The highest BCUT2D eigenvalue weighted by molar-refractivity contribution is 5.78. The number of amidine groups is 1. The third-order valence-corrected chi connectivity index (χ3v) is 1.72. The molecule has 0 aromatic carbocycles. The van der Waals surface area contributed by atoms with E-state index in [9.17, 15) is 9.18 Å². The summed E-state index contributed by atoms with van der Waals surface area (Å²) in [6, 6.07) is 0. The number of hydrogen-bond acceptors (Lipinski definition) is 3. The second-order valence-corrected chi connectivity index (χ2v) is 3.56. The zero-order chi connectivity index (χ0) is 12.1. The molecule has 0 aliphatic carbocycles. The summed E-state index contributed by atoms with van der Waals surface area (Å²) in [7, 11) is 0. The summed E-state index contributed by atoms with van der Waals surface area (Å²) < 4.78 is 13.1. The predicted octanol–water partition coefficient (Wildman–Crippen LogP) is 0.619. The van der Waals surface area contributed by atoms with Crippen LogP contribution in [0.5, 0.6) is 0 Å². The van der Waals surface area contributed by atoms with E-state index in [1.807, 2.05) is 0 Å². The van der Waals surface area contributed by atoms with Gasteiger partial charge < -0.3 is 16.2 Å². The second kappa shape index (κ2) is 5.45. The van der Waals surface area contributed by atoms with Crippen LogP contribution in [-0.4, -0.2) is 29.0 Å². The first-order valence-corrected chi connectivity index (χ1v) is 4.41. The van der Waals surface area contributed by atoms with Gasteiger partial charge in [0.25, 0.3) is 0 Å². The predicted molar refractivity (Wildman–Crippen MR) is 55.4 cm³/mol. The van der Waals surface area contributed by atoms with Crippen molar-refractivity contribution >= 4 is 11.8 Å². The first kappa shape index (κ1) is 13.6. The molecule has 86 valence electrons. The molecule has 1 atom stereocenters. The summed E-state index contributed by atoms with van der Waals surface area (Å²) in [6.45, 7) is 2.92. The Morgan fingerprint density at radius 2 is 2.27 bits per heavy atom. The number of hydrogen-bond donors (Lipinski definition) is 4. The Kier molecular flexibility index (Phi) is 4.93. The number of nitrogens with one attached hydrogen (secondary N) is 2. The lowest BCUT2D eigenvalue weighted by molar-refractivity contribution is -0.142. The van der Waals surface area contributed by atoms with Crippen molar-refractivity contribution in [2.24, 2.45) is 5.73 Å². The highest BCUT2D eigenvalue weighted by Gasteiger charge is 2.29. The molecule has 0 fully saturated rings. The highest BCUT2D eigenvalue weighted by Crippen LogP contribution is 2.14. The molecule has 0 saturated heterocycles. The van der Waals surface area contributed by atoms with Crippen molar-refractivity contribution in [2.75, 3.05) is 6.54 Å². The normalized spacial score (nSPS) is 15.6. The van der Waals surface area contributed by atoms with Crippen LogP contribution >= 0.6 is 0 Å². The fourth-order valence-corrected chi connectivity index (χ4v) is 0.813. The van der Waals surface area contributed by atoms with Gasteiger partial charge in [-0.2, -0.15) is 0 Å². The van der Waals surface area contributed by atoms with Crippen molar-refractivity contribution < 1.29 is 14.3 Å². The molecule has 6 heteroatoms. The standard InChI is InChI=1S/C9H16FN3O2/c1-6(11)13-4-3-7(10)5-9(2,12)8(14)15/h3H,4-5,12H2,1-2H3,(H2,11,13)(H,14,15)/b7-3-. The molecule has 0 aromatic rings. The number of nitrogens with two attached hydrogens (primary N) is 1. The quantitative estimate of drug-likeness (QED) is 0.400. The van der Waals surface area contributed by atoms with Crippen molar-refractivity contribution in [1.29, 1.82) is 5.41 Å². The lowest BCUT2D eigenvalue weighted by Crippen LogP contribution is -2.44. The van der Waals surface area contributed by atoms with Gasteiger partial charge in [0, 0.05) is 13.0 Å². The molecule has 0 amide bonds. The Labute approximate surface area is 87.7 Å². The Hall–Kier alpha value is -1.43. The maximum atomic E-state index is 13.1. The zero-order valence-electron chi connectivity index (χ0n) is 8.80. The van der Waals surface area contributed by atoms with E-state index in [0.717, 1.165) is 0 Å². The fraction of sp³-hybridized carbons (Fsp3) is 0.556. The van der Waals surface area contributed by atoms with Gasteiger partial charge in [0.1, 0.15) is 11.4 Å². The van der Waals surface area contributed by atoms with E-state index in [0.29, 0.717) is 0 Å². The van der Waals surface area contributed by atoms with Crippen LogP contribution < -0.4 is 11.1 Å². The van der Waals surface area contributed by atoms with Crippen LogP contribution in [0.15, 0.2) is 11.9 Å². The number of carboxylic acids is 1. The third-order valence-electron chi connectivity index (χ3n) is 1.72. The first-order chi connectivity index (χ1) is 6.75.